The summed E-state index contributed by atoms with van der Waals surface area (Å²) in [6, 6.07) is 0. The van der Waals surface area contributed by atoms with Crippen molar-refractivity contribution >= 4 is 5.97 Å². The number of aliphatic hydroxyl groups is 2. The maximum absolute atomic E-state index is 10.2. The lowest BCUT2D eigenvalue weighted by molar-refractivity contribution is -0.132. The average molecular weight is 178 g/mol. The average Bonchev–Trinajstić information content (AvgIpc) is 1.99. The number of carboxylic acid groups (broad SMARTS) is 1. The molecule has 0 aromatic carbocycles. The van der Waals surface area contributed by atoms with E-state index < -0.39 is 12.1 Å². The molecule has 0 heterocycles. The van der Waals surface area contributed by atoms with Crippen LogP contribution >= 0.6 is 0 Å². The van der Waals surface area contributed by atoms with E-state index in [2.05, 4.69) is 6.58 Å². The van der Waals surface area contributed by atoms with E-state index in [1.807, 2.05) is 0 Å². The molecule has 0 radical (unpaired) electrons. The van der Waals surface area contributed by atoms with Gasteiger partial charge >= 0.3 is 5.97 Å². The third-order valence-corrected chi connectivity index (χ3v) is 1.29. The van der Waals surface area contributed by atoms with Gasteiger partial charge in [0.2, 0.25) is 0 Å². The van der Waals surface area contributed by atoms with Crippen molar-refractivity contribution in [2.75, 3.05) is 6.61 Å². The summed E-state index contributed by atoms with van der Waals surface area (Å²) in [6.45, 7) is 2.93. The van der Waals surface area contributed by atoms with Gasteiger partial charge in [0.25, 0.3) is 0 Å². The van der Waals surface area contributed by atoms with Crippen LogP contribution < -0.4 is 0 Å². The highest BCUT2D eigenvalue weighted by molar-refractivity contribution is 5.85. The number of hydrogen-bond acceptors (Lipinski definition) is 3. The molecule has 0 aliphatic carbocycles. The first kappa shape index (κ1) is 13.7. The van der Waals surface area contributed by atoms with Crippen LogP contribution in [0.1, 0.15) is 12.8 Å². The predicted octanol–water partition coefficient (Wildman–Crippen LogP) is -1.06. The van der Waals surface area contributed by atoms with Gasteiger partial charge in [-0.1, -0.05) is 6.58 Å². The van der Waals surface area contributed by atoms with Crippen LogP contribution in [0.15, 0.2) is 12.2 Å². The second-order valence-corrected chi connectivity index (χ2v) is 2.28. The minimum absolute atomic E-state index is 0. The minimum atomic E-state index is -1.06. The van der Waals surface area contributed by atoms with Crippen molar-refractivity contribution < 1.29 is 25.6 Å². The largest absolute Gasteiger partial charge is 0.478 e. The molecular weight excluding hydrogens is 164 g/mol. The number of rotatable bonds is 5. The van der Waals surface area contributed by atoms with Crippen LogP contribution in [0.3, 0.4) is 0 Å². The third kappa shape index (κ3) is 5.84. The van der Waals surface area contributed by atoms with Gasteiger partial charge in [0.15, 0.2) is 0 Å². The molecule has 0 saturated carbocycles. The normalized spacial score (nSPS) is 11.5. The molecular formula is C7H14O5. The van der Waals surface area contributed by atoms with Gasteiger partial charge in [-0.3, -0.25) is 0 Å². The molecule has 72 valence electrons. The summed E-state index contributed by atoms with van der Waals surface area (Å²) in [7, 11) is 0. The molecule has 0 aromatic rings. The number of aliphatic hydroxyl groups excluding tert-OH is 2. The molecule has 0 bridgehead atoms. The Bertz CT molecular complexity index is 154. The Kier molecular flexibility index (Phi) is 7.72. The first-order valence-corrected chi connectivity index (χ1v) is 3.28. The van der Waals surface area contributed by atoms with E-state index in [4.69, 9.17) is 15.3 Å². The van der Waals surface area contributed by atoms with Crippen LogP contribution in [-0.4, -0.2) is 39.5 Å². The molecule has 12 heavy (non-hydrogen) atoms. The van der Waals surface area contributed by atoms with Gasteiger partial charge in [-0.25, -0.2) is 4.79 Å². The van der Waals surface area contributed by atoms with Crippen molar-refractivity contribution in [1.29, 1.82) is 0 Å². The lowest BCUT2D eigenvalue weighted by atomic mass is 10.1. The number of carboxylic acids is 1. The van der Waals surface area contributed by atoms with E-state index >= 15 is 0 Å². The number of hydrogen-bond donors (Lipinski definition) is 3. The van der Waals surface area contributed by atoms with Gasteiger partial charge < -0.3 is 20.8 Å². The SMILES string of the molecule is C=C(CCC(O)CO)C(=O)O.O. The van der Waals surface area contributed by atoms with Crippen LogP contribution in [0.2, 0.25) is 0 Å². The standard InChI is InChI=1S/C7H12O4.H2O/c1-5(7(10)11)2-3-6(9)4-8;/h6,8-9H,1-4H2,(H,10,11);1H2. The van der Waals surface area contributed by atoms with Gasteiger partial charge in [-0.2, -0.15) is 0 Å². The summed E-state index contributed by atoms with van der Waals surface area (Å²) in [5, 5.41) is 25.5. The van der Waals surface area contributed by atoms with Crippen molar-refractivity contribution in [2.45, 2.75) is 18.9 Å². The molecule has 5 N–H and O–H groups in total. The van der Waals surface area contributed by atoms with Crippen LogP contribution in [0.4, 0.5) is 0 Å². The lowest BCUT2D eigenvalue weighted by Gasteiger charge is -2.05. The molecule has 0 aromatic heterocycles. The van der Waals surface area contributed by atoms with Crippen molar-refractivity contribution in [1.82, 2.24) is 0 Å². The molecule has 0 aliphatic heterocycles. The summed E-state index contributed by atoms with van der Waals surface area (Å²) in [6.07, 6.45) is -0.398. The second kappa shape index (κ2) is 6.78. The highest BCUT2D eigenvalue weighted by atomic mass is 16.4. The second-order valence-electron chi connectivity index (χ2n) is 2.28. The summed E-state index contributed by atoms with van der Waals surface area (Å²) in [5.41, 5.74) is 0.0532. The van der Waals surface area contributed by atoms with E-state index in [0.29, 0.717) is 0 Å². The molecule has 0 amide bonds. The van der Waals surface area contributed by atoms with Crippen LogP contribution in [0, 0.1) is 0 Å². The zero-order valence-electron chi connectivity index (χ0n) is 6.66. The first-order chi connectivity index (χ1) is 5.07. The Hall–Kier alpha value is -0.910. The zero-order valence-corrected chi connectivity index (χ0v) is 6.66. The fraction of sp³-hybridized carbons (Fsp3) is 0.571. The topological polar surface area (TPSA) is 109 Å². The van der Waals surface area contributed by atoms with Crippen molar-refractivity contribution in [2.24, 2.45) is 0 Å². The molecule has 0 rings (SSSR count). The highest BCUT2D eigenvalue weighted by Gasteiger charge is 2.07. The molecule has 0 fully saturated rings. The van der Waals surface area contributed by atoms with E-state index in [1.165, 1.54) is 0 Å². The lowest BCUT2D eigenvalue weighted by Crippen LogP contribution is -2.12. The van der Waals surface area contributed by atoms with Gasteiger partial charge in [0.1, 0.15) is 0 Å². The van der Waals surface area contributed by atoms with Crippen molar-refractivity contribution in [3.8, 4) is 0 Å². The van der Waals surface area contributed by atoms with Gasteiger partial charge in [0, 0.05) is 5.57 Å². The van der Waals surface area contributed by atoms with Gasteiger partial charge in [0.05, 0.1) is 12.7 Å². The molecule has 1 atom stereocenters. The maximum Gasteiger partial charge on any atom is 0.330 e. The van der Waals surface area contributed by atoms with Crippen LogP contribution in [0.25, 0.3) is 0 Å². The molecule has 0 aliphatic rings. The number of aliphatic carboxylic acids is 1. The smallest absolute Gasteiger partial charge is 0.330 e. The Balaban J connectivity index is 0. The third-order valence-electron chi connectivity index (χ3n) is 1.29. The Labute approximate surface area is 70.3 Å². The van der Waals surface area contributed by atoms with Gasteiger partial charge in [-0.05, 0) is 12.8 Å². The quantitative estimate of drug-likeness (QED) is 0.466. The Morgan fingerprint density at radius 1 is 1.50 bits per heavy atom. The van der Waals surface area contributed by atoms with E-state index in [1.54, 1.807) is 0 Å². The van der Waals surface area contributed by atoms with E-state index in [0.717, 1.165) is 0 Å². The Morgan fingerprint density at radius 2 is 2.00 bits per heavy atom. The summed E-state index contributed by atoms with van der Waals surface area (Å²) < 4.78 is 0. The van der Waals surface area contributed by atoms with E-state index in [9.17, 15) is 4.79 Å². The van der Waals surface area contributed by atoms with Crippen LogP contribution in [-0.2, 0) is 4.79 Å². The Morgan fingerprint density at radius 3 is 2.33 bits per heavy atom. The first-order valence-electron chi connectivity index (χ1n) is 3.28. The molecule has 0 saturated heterocycles. The molecule has 0 spiro atoms. The fourth-order valence-electron chi connectivity index (χ4n) is 0.539. The monoisotopic (exact) mass is 178 g/mol. The fourth-order valence-corrected chi connectivity index (χ4v) is 0.539. The summed E-state index contributed by atoms with van der Waals surface area (Å²) in [5.74, 6) is -1.06. The molecule has 1 unspecified atom stereocenters. The zero-order chi connectivity index (χ0) is 8.85. The maximum atomic E-state index is 10.2. The summed E-state index contributed by atoms with van der Waals surface area (Å²) in [4.78, 5) is 10.2. The van der Waals surface area contributed by atoms with Gasteiger partial charge in [-0.15, -0.1) is 0 Å². The van der Waals surface area contributed by atoms with Crippen molar-refractivity contribution in [3.63, 3.8) is 0 Å². The van der Waals surface area contributed by atoms with Crippen LogP contribution in [0.5, 0.6) is 0 Å². The number of carbonyl (C=O) groups is 1. The molecule has 5 nitrogen and oxygen atoms in total. The minimum Gasteiger partial charge on any atom is -0.478 e. The predicted molar refractivity (Wildman–Crippen MR) is 42.7 cm³/mol. The van der Waals surface area contributed by atoms with Crippen molar-refractivity contribution in [3.05, 3.63) is 12.2 Å². The highest BCUT2D eigenvalue weighted by Crippen LogP contribution is 2.04. The van der Waals surface area contributed by atoms with E-state index in [-0.39, 0.29) is 30.5 Å². The summed E-state index contributed by atoms with van der Waals surface area (Å²) >= 11 is 0. The molecule has 5 heteroatoms.